The molecule has 0 amide bonds. The Morgan fingerprint density at radius 3 is 2.42 bits per heavy atom. The van der Waals surface area contributed by atoms with Crippen LogP contribution in [0.3, 0.4) is 0 Å². The minimum Gasteiger partial charge on any atom is -0.364 e. The second-order valence-corrected chi connectivity index (χ2v) is 8.25. The van der Waals surface area contributed by atoms with Crippen LogP contribution in [0.15, 0.2) is 54.1 Å². The molecule has 0 aromatic heterocycles. The molecule has 1 atom stereocenters. The SMILES string of the molecule is Cc1ccc(C2=C(C#N)C(=S)SC(CC#N)(c3cccc(C)c3)N2)cc1. The molecule has 0 radical (unpaired) electrons. The van der Waals surface area contributed by atoms with Crippen molar-refractivity contribution in [2.24, 2.45) is 0 Å². The first-order valence-corrected chi connectivity index (χ1v) is 9.38. The summed E-state index contributed by atoms with van der Waals surface area (Å²) in [5.74, 6) is 0. The zero-order valence-corrected chi connectivity index (χ0v) is 16.2. The third-order valence-corrected chi connectivity index (χ3v) is 5.99. The highest BCUT2D eigenvalue weighted by atomic mass is 32.2. The fourth-order valence-electron chi connectivity index (χ4n) is 2.96. The third kappa shape index (κ3) is 3.37. The van der Waals surface area contributed by atoms with E-state index in [1.54, 1.807) is 0 Å². The molecular weight excluding hydrogens is 358 g/mol. The molecule has 128 valence electrons. The van der Waals surface area contributed by atoms with E-state index >= 15 is 0 Å². The van der Waals surface area contributed by atoms with Crippen LogP contribution in [0, 0.1) is 36.5 Å². The van der Waals surface area contributed by atoms with E-state index in [0.717, 1.165) is 22.3 Å². The Balaban J connectivity index is 2.17. The molecule has 1 aliphatic heterocycles. The van der Waals surface area contributed by atoms with Gasteiger partial charge in [0.15, 0.2) is 0 Å². The van der Waals surface area contributed by atoms with E-state index in [-0.39, 0.29) is 6.42 Å². The Kier molecular flexibility index (Phi) is 5.13. The summed E-state index contributed by atoms with van der Waals surface area (Å²) in [6.45, 7) is 4.04. The van der Waals surface area contributed by atoms with Gasteiger partial charge in [-0.2, -0.15) is 10.5 Å². The molecule has 26 heavy (non-hydrogen) atoms. The van der Waals surface area contributed by atoms with Crippen LogP contribution in [-0.4, -0.2) is 4.20 Å². The van der Waals surface area contributed by atoms with Crippen LogP contribution in [-0.2, 0) is 4.87 Å². The lowest BCUT2D eigenvalue weighted by atomic mass is 9.98. The minimum absolute atomic E-state index is 0.231. The molecule has 3 rings (SSSR count). The Morgan fingerprint density at radius 2 is 1.81 bits per heavy atom. The molecule has 0 saturated carbocycles. The van der Waals surface area contributed by atoms with Crippen molar-refractivity contribution < 1.29 is 0 Å². The van der Waals surface area contributed by atoms with E-state index in [0.29, 0.717) is 15.5 Å². The average molecular weight is 376 g/mol. The molecule has 1 aliphatic rings. The van der Waals surface area contributed by atoms with Gasteiger partial charge in [0, 0.05) is 0 Å². The average Bonchev–Trinajstić information content (AvgIpc) is 2.62. The summed E-state index contributed by atoms with van der Waals surface area (Å²) in [4.78, 5) is -0.710. The summed E-state index contributed by atoms with van der Waals surface area (Å²) in [5.41, 5.74) is 5.27. The van der Waals surface area contributed by atoms with Gasteiger partial charge in [0.2, 0.25) is 0 Å². The number of hydrogen-bond acceptors (Lipinski definition) is 5. The minimum atomic E-state index is -0.710. The summed E-state index contributed by atoms with van der Waals surface area (Å²) in [7, 11) is 0. The standard InChI is InChI=1S/C21H17N3S2/c1-14-6-8-16(9-7-14)19-18(13-23)20(25)26-21(24-19,10-11-22)17-5-3-4-15(2)12-17/h3-9,12,24H,10H2,1-2H3. The van der Waals surface area contributed by atoms with E-state index in [2.05, 4.69) is 23.5 Å². The van der Waals surface area contributed by atoms with E-state index in [1.165, 1.54) is 11.8 Å². The van der Waals surface area contributed by atoms with Crippen molar-refractivity contribution in [3.63, 3.8) is 0 Å². The molecule has 5 heteroatoms. The van der Waals surface area contributed by atoms with Crippen molar-refractivity contribution in [3.05, 3.63) is 76.4 Å². The summed E-state index contributed by atoms with van der Waals surface area (Å²) in [6, 6.07) is 20.5. The van der Waals surface area contributed by atoms with E-state index in [4.69, 9.17) is 12.2 Å². The number of nitriles is 2. The quantitative estimate of drug-likeness (QED) is 0.768. The first-order chi connectivity index (χ1) is 12.5. The van der Waals surface area contributed by atoms with Crippen molar-refractivity contribution in [2.45, 2.75) is 25.1 Å². The number of aryl methyl sites for hydroxylation is 2. The van der Waals surface area contributed by atoms with Crippen LogP contribution < -0.4 is 5.32 Å². The monoisotopic (exact) mass is 375 g/mol. The molecule has 0 spiro atoms. The molecule has 2 aromatic rings. The first-order valence-electron chi connectivity index (χ1n) is 8.16. The van der Waals surface area contributed by atoms with Crippen LogP contribution in [0.2, 0.25) is 0 Å². The summed E-state index contributed by atoms with van der Waals surface area (Å²) < 4.78 is 0.513. The van der Waals surface area contributed by atoms with Crippen LogP contribution in [0.1, 0.15) is 28.7 Å². The topological polar surface area (TPSA) is 59.6 Å². The van der Waals surface area contributed by atoms with Crippen molar-refractivity contribution in [3.8, 4) is 12.1 Å². The smallest absolute Gasteiger partial charge is 0.128 e. The second kappa shape index (κ2) is 7.33. The van der Waals surface area contributed by atoms with Gasteiger partial charge in [0.05, 0.1) is 22.4 Å². The van der Waals surface area contributed by atoms with Crippen LogP contribution in [0.5, 0.6) is 0 Å². The highest BCUT2D eigenvalue weighted by Crippen LogP contribution is 2.45. The van der Waals surface area contributed by atoms with Gasteiger partial charge in [-0.25, -0.2) is 0 Å². The fraction of sp³-hybridized carbons (Fsp3) is 0.190. The van der Waals surface area contributed by atoms with Crippen LogP contribution in [0.25, 0.3) is 5.70 Å². The zero-order valence-electron chi connectivity index (χ0n) is 14.5. The molecule has 1 unspecified atom stereocenters. The van der Waals surface area contributed by atoms with Gasteiger partial charge in [0.25, 0.3) is 0 Å². The Bertz CT molecular complexity index is 978. The second-order valence-electron chi connectivity index (χ2n) is 6.27. The van der Waals surface area contributed by atoms with Gasteiger partial charge in [-0.3, -0.25) is 0 Å². The predicted molar refractivity (Wildman–Crippen MR) is 110 cm³/mol. The van der Waals surface area contributed by atoms with Gasteiger partial charge in [-0.15, -0.1) is 0 Å². The molecular formula is C21H17N3S2. The lowest BCUT2D eigenvalue weighted by Crippen LogP contribution is -2.42. The van der Waals surface area contributed by atoms with Gasteiger partial charge in [-0.1, -0.05) is 83.6 Å². The van der Waals surface area contributed by atoms with E-state index < -0.39 is 4.87 Å². The summed E-state index contributed by atoms with van der Waals surface area (Å²) in [5, 5.41) is 22.6. The van der Waals surface area contributed by atoms with Gasteiger partial charge in [-0.05, 0) is 25.0 Å². The molecule has 0 aliphatic carbocycles. The molecule has 1 N–H and O–H groups in total. The highest BCUT2D eigenvalue weighted by molar-refractivity contribution is 8.24. The number of nitrogens with one attached hydrogen (secondary N) is 1. The number of rotatable bonds is 3. The molecule has 0 saturated heterocycles. The summed E-state index contributed by atoms with van der Waals surface area (Å²) >= 11 is 6.93. The highest BCUT2D eigenvalue weighted by Gasteiger charge is 2.40. The maximum atomic E-state index is 9.65. The normalized spacial score (nSPS) is 19.5. The van der Waals surface area contributed by atoms with Crippen LogP contribution >= 0.6 is 24.0 Å². The number of hydrogen-bond donors (Lipinski definition) is 1. The maximum Gasteiger partial charge on any atom is 0.128 e. The number of benzene rings is 2. The molecule has 1 heterocycles. The van der Waals surface area contributed by atoms with Gasteiger partial charge >= 0.3 is 0 Å². The maximum absolute atomic E-state index is 9.65. The Labute approximate surface area is 163 Å². The van der Waals surface area contributed by atoms with Crippen molar-refractivity contribution in [1.29, 1.82) is 10.5 Å². The summed E-state index contributed by atoms with van der Waals surface area (Å²) in [6.07, 6.45) is 0.231. The van der Waals surface area contributed by atoms with Gasteiger partial charge in [0.1, 0.15) is 16.5 Å². The van der Waals surface area contributed by atoms with Crippen molar-refractivity contribution in [2.75, 3.05) is 0 Å². The predicted octanol–water partition coefficient (Wildman–Crippen LogP) is 4.97. The van der Waals surface area contributed by atoms with E-state index in [1.807, 2.05) is 56.3 Å². The Morgan fingerprint density at radius 1 is 1.08 bits per heavy atom. The molecule has 3 nitrogen and oxygen atoms in total. The lowest BCUT2D eigenvalue weighted by Gasteiger charge is -2.38. The Hall–Kier alpha value is -2.60. The molecule has 0 bridgehead atoms. The third-order valence-electron chi connectivity index (χ3n) is 4.31. The molecule has 2 aromatic carbocycles. The van der Waals surface area contributed by atoms with Crippen molar-refractivity contribution in [1.82, 2.24) is 5.32 Å². The van der Waals surface area contributed by atoms with Crippen LogP contribution in [0.4, 0.5) is 0 Å². The van der Waals surface area contributed by atoms with Gasteiger partial charge < -0.3 is 5.32 Å². The van der Waals surface area contributed by atoms with E-state index in [9.17, 15) is 10.5 Å². The van der Waals surface area contributed by atoms with Crippen molar-refractivity contribution >= 4 is 33.9 Å². The fourth-order valence-corrected chi connectivity index (χ4v) is 4.64. The zero-order chi connectivity index (χ0) is 18.7. The number of nitrogens with zero attached hydrogens (tertiary/aromatic N) is 2. The number of thioether (sulfide) groups is 1. The number of thiocarbonyl (C=S) groups is 1. The first kappa shape index (κ1) is 18.2. The largest absolute Gasteiger partial charge is 0.364 e. The molecule has 0 fully saturated rings. The lowest BCUT2D eigenvalue weighted by molar-refractivity contribution is 0.584.